The number of amides is 1. The molecule has 0 aliphatic carbocycles. The molecule has 0 atom stereocenters. The fourth-order valence-electron chi connectivity index (χ4n) is 2.02. The Balaban J connectivity index is 1.60. The van der Waals surface area contributed by atoms with E-state index in [0.717, 1.165) is 5.69 Å². The number of hydrogen-bond donors (Lipinski definition) is 1. The van der Waals surface area contributed by atoms with Gasteiger partial charge in [-0.15, -0.1) is 5.10 Å². The van der Waals surface area contributed by atoms with Gasteiger partial charge in [0.15, 0.2) is 0 Å². The fraction of sp³-hybridized carbons (Fsp3) is 0.0625. The van der Waals surface area contributed by atoms with Gasteiger partial charge in [0.2, 0.25) is 11.1 Å². The van der Waals surface area contributed by atoms with E-state index in [-0.39, 0.29) is 17.2 Å². The summed E-state index contributed by atoms with van der Waals surface area (Å²) >= 11 is 1.19. The smallest absolute Gasteiger partial charge is 0.234 e. The molecular formula is C16H12N5O3S-. The maximum Gasteiger partial charge on any atom is 0.234 e. The quantitative estimate of drug-likeness (QED) is 0.650. The third kappa shape index (κ3) is 4.21. The number of aromatic nitrogens is 4. The molecule has 0 bridgehead atoms. The summed E-state index contributed by atoms with van der Waals surface area (Å²) < 4.78 is 1.55. The third-order valence-electron chi connectivity index (χ3n) is 3.18. The first-order chi connectivity index (χ1) is 12.1. The van der Waals surface area contributed by atoms with E-state index in [0.29, 0.717) is 10.8 Å². The summed E-state index contributed by atoms with van der Waals surface area (Å²) in [4.78, 5) is 22.7. The Bertz CT molecular complexity index is 880. The average molecular weight is 354 g/mol. The standard InChI is InChI=1S/C16H13N5O3S/c22-14(17-12-8-6-11(7-9-12)15(23)24)10-25-16-18-19-20-21(16)13-4-2-1-3-5-13/h1-9H,10H2,(H,17,22)(H,23,24)/p-1. The van der Waals surface area contributed by atoms with E-state index in [1.807, 2.05) is 30.3 Å². The number of tetrazole rings is 1. The minimum absolute atomic E-state index is 0.0504. The Labute approximate surface area is 146 Å². The first-order valence-corrected chi connectivity index (χ1v) is 8.20. The van der Waals surface area contributed by atoms with Gasteiger partial charge in [-0.1, -0.05) is 42.1 Å². The molecule has 1 amide bonds. The SMILES string of the molecule is O=C(CSc1nnnn1-c1ccccc1)Nc1ccc(C(=O)[O-])cc1. The molecule has 8 nitrogen and oxygen atoms in total. The lowest BCUT2D eigenvalue weighted by Crippen LogP contribution is -2.22. The number of carbonyl (C=O) groups excluding carboxylic acids is 2. The molecular weight excluding hydrogens is 342 g/mol. The number of benzene rings is 2. The fourth-order valence-corrected chi connectivity index (χ4v) is 2.71. The lowest BCUT2D eigenvalue weighted by Gasteiger charge is -2.07. The van der Waals surface area contributed by atoms with Gasteiger partial charge < -0.3 is 15.2 Å². The van der Waals surface area contributed by atoms with Gasteiger partial charge in [-0.3, -0.25) is 4.79 Å². The number of carbonyl (C=O) groups is 2. The Morgan fingerprint density at radius 3 is 2.48 bits per heavy atom. The third-order valence-corrected chi connectivity index (χ3v) is 4.10. The summed E-state index contributed by atoms with van der Waals surface area (Å²) in [5.74, 6) is -1.41. The summed E-state index contributed by atoms with van der Waals surface area (Å²) in [6.45, 7) is 0. The van der Waals surface area contributed by atoms with Crippen molar-refractivity contribution in [3.8, 4) is 5.69 Å². The lowest BCUT2D eigenvalue weighted by molar-refractivity contribution is -0.255. The van der Waals surface area contributed by atoms with Crippen molar-refractivity contribution in [2.24, 2.45) is 0 Å². The van der Waals surface area contributed by atoms with Crippen molar-refractivity contribution < 1.29 is 14.7 Å². The minimum Gasteiger partial charge on any atom is -0.545 e. The first kappa shape index (κ1) is 16.7. The Hall–Kier alpha value is -3.20. The van der Waals surface area contributed by atoms with E-state index in [9.17, 15) is 14.7 Å². The number of rotatable bonds is 6. The van der Waals surface area contributed by atoms with Crippen LogP contribution in [-0.4, -0.2) is 37.8 Å². The van der Waals surface area contributed by atoms with Gasteiger partial charge in [0.1, 0.15) is 0 Å². The van der Waals surface area contributed by atoms with Crippen LogP contribution in [0.4, 0.5) is 5.69 Å². The van der Waals surface area contributed by atoms with Crippen LogP contribution in [0.5, 0.6) is 0 Å². The molecule has 0 aliphatic rings. The van der Waals surface area contributed by atoms with Gasteiger partial charge in [-0.2, -0.15) is 4.68 Å². The summed E-state index contributed by atoms with van der Waals surface area (Å²) in [7, 11) is 0. The van der Waals surface area contributed by atoms with Crippen LogP contribution < -0.4 is 10.4 Å². The lowest BCUT2D eigenvalue weighted by atomic mass is 10.2. The second kappa shape index (κ2) is 7.58. The summed E-state index contributed by atoms with van der Waals surface area (Å²) in [6.07, 6.45) is 0. The van der Waals surface area contributed by atoms with Crippen LogP contribution in [0.15, 0.2) is 59.8 Å². The van der Waals surface area contributed by atoms with Crippen LogP contribution in [0.25, 0.3) is 5.69 Å². The zero-order valence-electron chi connectivity index (χ0n) is 12.8. The van der Waals surface area contributed by atoms with E-state index < -0.39 is 5.97 Å². The van der Waals surface area contributed by atoms with Gasteiger partial charge in [0.25, 0.3) is 0 Å². The number of aromatic carboxylic acids is 1. The largest absolute Gasteiger partial charge is 0.545 e. The van der Waals surface area contributed by atoms with E-state index in [1.54, 1.807) is 4.68 Å². The van der Waals surface area contributed by atoms with Gasteiger partial charge in [-0.05, 0) is 40.3 Å². The highest BCUT2D eigenvalue weighted by atomic mass is 32.2. The number of carboxylic acids is 1. The van der Waals surface area contributed by atoms with Gasteiger partial charge in [0, 0.05) is 5.69 Å². The minimum atomic E-state index is -1.26. The zero-order valence-corrected chi connectivity index (χ0v) is 13.6. The van der Waals surface area contributed by atoms with Crippen molar-refractivity contribution in [2.75, 3.05) is 11.1 Å². The van der Waals surface area contributed by atoms with Crippen molar-refractivity contribution in [1.29, 1.82) is 0 Å². The maximum atomic E-state index is 12.0. The van der Waals surface area contributed by atoms with Crippen LogP contribution in [0.3, 0.4) is 0 Å². The Morgan fingerprint density at radius 2 is 1.80 bits per heavy atom. The predicted octanol–water partition coefficient (Wildman–Crippen LogP) is 0.757. The Morgan fingerprint density at radius 1 is 1.08 bits per heavy atom. The van der Waals surface area contributed by atoms with Crippen LogP contribution >= 0.6 is 11.8 Å². The molecule has 2 aromatic carbocycles. The molecule has 3 aromatic rings. The van der Waals surface area contributed by atoms with E-state index in [1.165, 1.54) is 36.0 Å². The molecule has 0 unspecified atom stereocenters. The molecule has 0 saturated carbocycles. The van der Waals surface area contributed by atoms with Crippen molar-refractivity contribution in [3.05, 3.63) is 60.2 Å². The first-order valence-electron chi connectivity index (χ1n) is 7.21. The van der Waals surface area contributed by atoms with Crippen LogP contribution in [0, 0.1) is 0 Å². The highest BCUT2D eigenvalue weighted by molar-refractivity contribution is 7.99. The molecule has 3 rings (SSSR count). The number of nitrogens with zero attached hydrogens (tertiary/aromatic N) is 4. The molecule has 126 valence electrons. The average Bonchev–Trinajstić information content (AvgIpc) is 3.10. The molecule has 25 heavy (non-hydrogen) atoms. The molecule has 9 heteroatoms. The highest BCUT2D eigenvalue weighted by Gasteiger charge is 2.11. The van der Waals surface area contributed by atoms with Crippen molar-refractivity contribution >= 4 is 29.3 Å². The summed E-state index contributed by atoms with van der Waals surface area (Å²) in [5.41, 5.74) is 1.35. The number of nitrogens with one attached hydrogen (secondary N) is 1. The van der Waals surface area contributed by atoms with E-state index in [2.05, 4.69) is 20.8 Å². The second-order valence-electron chi connectivity index (χ2n) is 4.91. The number of anilines is 1. The van der Waals surface area contributed by atoms with Gasteiger partial charge >= 0.3 is 0 Å². The summed E-state index contributed by atoms with van der Waals surface area (Å²) in [5, 5.41) is 25.3. The molecule has 0 fully saturated rings. The molecule has 0 aliphatic heterocycles. The second-order valence-corrected chi connectivity index (χ2v) is 5.85. The molecule has 1 N–H and O–H groups in total. The number of thioether (sulfide) groups is 1. The van der Waals surface area contributed by atoms with Crippen LogP contribution in [0.1, 0.15) is 10.4 Å². The van der Waals surface area contributed by atoms with E-state index in [4.69, 9.17) is 0 Å². The van der Waals surface area contributed by atoms with Crippen molar-refractivity contribution in [1.82, 2.24) is 20.2 Å². The molecule has 1 heterocycles. The number of para-hydroxylation sites is 1. The number of carboxylic acid groups (broad SMARTS) is 1. The van der Waals surface area contributed by atoms with Crippen LogP contribution in [-0.2, 0) is 4.79 Å². The predicted molar refractivity (Wildman–Crippen MR) is 89.3 cm³/mol. The topological polar surface area (TPSA) is 113 Å². The number of hydrogen-bond acceptors (Lipinski definition) is 7. The van der Waals surface area contributed by atoms with Crippen molar-refractivity contribution in [2.45, 2.75) is 5.16 Å². The molecule has 0 spiro atoms. The normalized spacial score (nSPS) is 10.4. The molecule has 0 radical (unpaired) electrons. The van der Waals surface area contributed by atoms with Gasteiger partial charge in [0.05, 0.1) is 17.4 Å². The molecule has 1 aromatic heterocycles. The van der Waals surface area contributed by atoms with Crippen molar-refractivity contribution in [3.63, 3.8) is 0 Å². The Kier molecular flexibility index (Phi) is 5.05. The van der Waals surface area contributed by atoms with Crippen LogP contribution in [0.2, 0.25) is 0 Å². The zero-order chi connectivity index (χ0) is 17.6. The highest BCUT2D eigenvalue weighted by Crippen LogP contribution is 2.18. The summed E-state index contributed by atoms with van der Waals surface area (Å²) in [6, 6.07) is 15.1. The van der Waals surface area contributed by atoms with E-state index >= 15 is 0 Å². The maximum absolute atomic E-state index is 12.0. The monoisotopic (exact) mass is 354 g/mol. The molecule has 0 saturated heterocycles. The van der Waals surface area contributed by atoms with Gasteiger partial charge in [-0.25, -0.2) is 0 Å².